The van der Waals surface area contributed by atoms with E-state index in [1.165, 1.54) is 11.9 Å². The first-order valence-electron chi connectivity index (χ1n) is 5.45. The van der Waals surface area contributed by atoms with Crippen LogP contribution < -0.4 is 21.5 Å². The lowest BCUT2D eigenvalue weighted by Gasteiger charge is -2.17. The van der Waals surface area contributed by atoms with E-state index in [1.807, 2.05) is 0 Å². The summed E-state index contributed by atoms with van der Waals surface area (Å²) in [7, 11) is 1.52. The van der Waals surface area contributed by atoms with Crippen LogP contribution in [-0.2, 0) is 4.79 Å². The minimum absolute atomic E-state index is 0.0132. The lowest BCUT2D eigenvalue weighted by Crippen LogP contribution is -2.35. The number of nitrogens with one attached hydrogen (secondary N) is 2. The number of likely N-dealkylation sites (N-methyl/N-ethyl adjacent to an activating group) is 2. The Morgan fingerprint density at radius 2 is 2.32 bits per heavy atom. The van der Waals surface area contributed by atoms with Gasteiger partial charge in [-0.1, -0.05) is 0 Å². The van der Waals surface area contributed by atoms with Crippen molar-refractivity contribution < 1.29 is 9.72 Å². The number of hydrogen-bond donors (Lipinski definition) is 3. The molecule has 0 spiro atoms. The summed E-state index contributed by atoms with van der Waals surface area (Å²) >= 11 is 0. The molecule has 104 valence electrons. The van der Waals surface area contributed by atoms with Crippen LogP contribution in [0.15, 0.2) is 6.20 Å². The summed E-state index contributed by atoms with van der Waals surface area (Å²) in [6, 6.07) is 0. The molecule has 1 heterocycles. The first-order valence-corrected chi connectivity index (χ1v) is 5.45. The number of nitrogen functional groups attached to an aromatic ring is 1. The Hall–Kier alpha value is -2.49. The van der Waals surface area contributed by atoms with Crippen molar-refractivity contribution in [3.8, 4) is 0 Å². The van der Waals surface area contributed by atoms with Gasteiger partial charge in [-0.25, -0.2) is 10.8 Å². The highest BCUT2D eigenvalue weighted by atomic mass is 16.6. The van der Waals surface area contributed by atoms with Gasteiger partial charge in [-0.05, 0) is 6.92 Å². The summed E-state index contributed by atoms with van der Waals surface area (Å²) in [4.78, 5) is 30.6. The van der Waals surface area contributed by atoms with Gasteiger partial charge in [-0.2, -0.15) is 4.98 Å². The number of amides is 1. The standard InChI is InChI=1S/C9H15N7O3/c1-3-11-7(17)5-15(2)8-6(16(18)19)4-12-9(13-8)14-10/h4H,3,5,10H2,1-2H3,(H,11,17)(H,12,13,14). The van der Waals surface area contributed by atoms with E-state index < -0.39 is 4.92 Å². The average molecular weight is 269 g/mol. The maximum atomic E-state index is 11.5. The van der Waals surface area contributed by atoms with E-state index in [0.717, 1.165) is 6.20 Å². The highest BCUT2D eigenvalue weighted by molar-refractivity contribution is 5.81. The topological polar surface area (TPSA) is 139 Å². The molecule has 10 nitrogen and oxygen atoms in total. The molecule has 1 aromatic heterocycles. The minimum atomic E-state index is -0.621. The quantitative estimate of drug-likeness (QED) is 0.348. The van der Waals surface area contributed by atoms with Crippen molar-refractivity contribution in [2.45, 2.75) is 6.92 Å². The smallest absolute Gasteiger partial charge is 0.329 e. The number of anilines is 2. The Balaban J connectivity index is 3.01. The molecule has 0 aliphatic heterocycles. The molecule has 0 aliphatic carbocycles. The molecule has 0 fully saturated rings. The third-order valence-corrected chi connectivity index (χ3v) is 2.19. The monoisotopic (exact) mass is 269 g/mol. The number of carbonyl (C=O) groups excluding carboxylic acids is 1. The van der Waals surface area contributed by atoms with Crippen LogP contribution in [0, 0.1) is 10.1 Å². The molecule has 19 heavy (non-hydrogen) atoms. The molecular formula is C9H15N7O3. The lowest BCUT2D eigenvalue weighted by atomic mass is 10.4. The summed E-state index contributed by atoms with van der Waals surface area (Å²) in [6.45, 7) is 2.20. The fourth-order valence-corrected chi connectivity index (χ4v) is 1.39. The van der Waals surface area contributed by atoms with E-state index in [1.54, 1.807) is 6.92 Å². The van der Waals surface area contributed by atoms with Crippen molar-refractivity contribution in [3.63, 3.8) is 0 Å². The second kappa shape index (κ2) is 6.44. The van der Waals surface area contributed by atoms with E-state index in [9.17, 15) is 14.9 Å². The van der Waals surface area contributed by atoms with Crippen LogP contribution in [0.3, 0.4) is 0 Å². The van der Waals surface area contributed by atoms with Gasteiger partial charge in [0.2, 0.25) is 17.7 Å². The molecule has 0 saturated heterocycles. The SMILES string of the molecule is CCNC(=O)CN(C)c1nc(NN)ncc1[N+](=O)[O-]. The molecule has 0 unspecified atom stereocenters. The van der Waals surface area contributed by atoms with Gasteiger partial charge in [-0.3, -0.25) is 20.3 Å². The number of hydrazine groups is 1. The zero-order chi connectivity index (χ0) is 14.4. The normalized spacial score (nSPS) is 9.84. The van der Waals surface area contributed by atoms with Gasteiger partial charge in [0.1, 0.15) is 6.20 Å². The molecule has 0 bridgehead atoms. The van der Waals surface area contributed by atoms with Gasteiger partial charge in [0.05, 0.1) is 11.5 Å². The molecule has 10 heteroatoms. The van der Waals surface area contributed by atoms with Gasteiger partial charge in [-0.15, -0.1) is 0 Å². The van der Waals surface area contributed by atoms with Gasteiger partial charge in [0.15, 0.2) is 0 Å². The Morgan fingerprint density at radius 1 is 1.63 bits per heavy atom. The molecule has 0 radical (unpaired) electrons. The number of nitrogens with two attached hydrogens (primary N) is 1. The number of nitro groups is 1. The molecular weight excluding hydrogens is 254 g/mol. The second-order valence-electron chi connectivity index (χ2n) is 3.61. The van der Waals surface area contributed by atoms with Crippen molar-refractivity contribution in [2.75, 3.05) is 30.5 Å². The Kier molecular flexibility index (Phi) is 4.94. The summed E-state index contributed by atoms with van der Waals surface area (Å²) < 4.78 is 0. The van der Waals surface area contributed by atoms with Crippen molar-refractivity contribution >= 4 is 23.4 Å². The molecule has 4 N–H and O–H groups in total. The highest BCUT2D eigenvalue weighted by Crippen LogP contribution is 2.24. The molecule has 0 aromatic carbocycles. The number of hydrogen-bond acceptors (Lipinski definition) is 8. The van der Waals surface area contributed by atoms with Gasteiger partial charge < -0.3 is 10.2 Å². The number of aromatic nitrogens is 2. The van der Waals surface area contributed by atoms with Crippen LogP contribution in [0.25, 0.3) is 0 Å². The Bertz CT molecular complexity index is 479. The second-order valence-corrected chi connectivity index (χ2v) is 3.61. The zero-order valence-electron chi connectivity index (χ0n) is 10.6. The zero-order valence-corrected chi connectivity index (χ0v) is 10.6. The minimum Gasteiger partial charge on any atom is -0.355 e. The van der Waals surface area contributed by atoms with Gasteiger partial charge in [0, 0.05) is 13.6 Å². The number of rotatable bonds is 6. The first kappa shape index (κ1) is 14.6. The predicted octanol–water partition coefficient (Wildman–Crippen LogP) is -0.757. The molecule has 1 rings (SSSR count). The van der Waals surface area contributed by atoms with E-state index in [0.29, 0.717) is 6.54 Å². The fraction of sp³-hybridized carbons (Fsp3) is 0.444. The van der Waals surface area contributed by atoms with Crippen molar-refractivity contribution in [1.82, 2.24) is 15.3 Å². The summed E-state index contributed by atoms with van der Waals surface area (Å²) in [6.07, 6.45) is 1.03. The summed E-state index contributed by atoms with van der Waals surface area (Å²) in [5.41, 5.74) is 1.89. The number of nitrogens with zero attached hydrogens (tertiary/aromatic N) is 4. The van der Waals surface area contributed by atoms with E-state index in [-0.39, 0.29) is 29.9 Å². The predicted molar refractivity (Wildman–Crippen MR) is 68.5 cm³/mol. The Labute approximate surface area is 109 Å². The van der Waals surface area contributed by atoms with Crippen LogP contribution >= 0.6 is 0 Å². The van der Waals surface area contributed by atoms with Crippen LogP contribution in [-0.4, -0.2) is 40.9 Å². The first-order chi connectivity index (χ1) is 8.99. The maximum Gasteiger partial charge on any atom is 0.329 e. The highest BCUT2D eigenvalue weighted by Gasteiger charge is 2.21. The molecule has 0 saturated carbocycles. The van der Waals surface area contributed by atoms with E-state index in [4.69, 9.17) is 5.84 Å². The molecule has 0 atom stereocenters. The van der Waals surface area contributed by atoms with Crippen molar-refractivity contribution in [2.24, 2.45) is 5.84 Å². The largest absolute Gasteiger partial charge is 0.355 e. The van der Waals surface area contributed by atoms with Gasteiger partial charge in [0.25, 0.3) is 0 Å². The number of carbonyl (C=O) groups is 1. The molecule has 1 amide bonds. The maximum absolute atomic E-state index is 11.5. The Morgan fingerprint density at radius 3 is 2.84 bits per heavy atom. The fourth-order valence-electron chi connectivity index (χ4n) is 1.39. The van der Waals surface area contributed by atoms with Crippen molar-refractivity contribution in [3.05, 3.63) is 16.3 Å². The van der Waals surface area contributed by atoms with Crippen LogP contribution in [0.2, 0.25) is 0 Å². The average Bonchev–Trinajstić information content (AvgIpc) is 2.37. The van der Waals surface area contributed by atoms with Crippen LogP contribution in [0.1, 0.15) is 6.92 Å². The molecule has 0 aliphatic rings. The van der Waals surface area contributed by atoms with Gasteiger partial charge >= 0.3 is 5.69 Å². The van der Waals surface area contributed by atoms with Crippen molar-refractivity contribution in [1.29, 1.82) is 0 Å². The molecule has 1 aromatic rings. The summed E-state index contributed by atoms with van der Waals surface area (Å²) in [5.74, 6) is 4.93. The third-order valence-electron chi connectivity index (χ3n) is 2.19. The third kappa shape index (κ3) is 3.74. The van der Waals surface area contributed by atoms with E-state index >= 15 is 0 Å². The lowest BCUT2D eigenvalue weighted by molar-refractivity contribution is -0.384. The van der Waals surface area contributed by atoms with E-state index in [2.05, 4.69) is 20.7 Å². The van der Waals surface area contributed by atoms with Crippen LogP contribution in [0.5, 0.6) is 0 Å². The van der Waals surface area contributed by atoms with Crippen LogP contribution in [0.4, 0.5) is 17.5 Å². The summed E-state index contributed by atoms with van der Waals surface area (Å²) in [5, 5.41) is 13.5.